The standard InChI is InChI=1S/C20H22ClNO4/c1-14-13-26-19(15-5-3-2-4-6-15)12-22(14)9-10-25-18-8-7-16(20(23)24)11-17(18)21/h2-8,11,14,19H,9-10,12-13H2,1H3,(H,23,24). The van der Waals surface area contributed by atoms with Gasteiger partial charge in [-0.2, -0.15) is 0 Å². The van der Waals surface area contributed by atoms with Crippen molar-refractivity contribution in [1.82, 2.24) is 4.90 Å². The van der Waals surface area contributed by atoms with Crippen molar-refractivity contribution >= 4 is 17.6 Å². The van der Waals surface area contributed by atoms with Crippen molar-refractivity contribution in [2.75, 3.05) is 26.3 Å². The zero-order valence-electron chi connectivity index (χ0n) is 14.6. The normalized spacial score (nSPS) is 20.7. The summed E-state index contributed by atoms with van der Waals surface area (Å²) < 4.78 is 11.7. The quantitative estimate of drug-likeness (QED) is 0.830. The maximum Gasteiger partial charge on any atom is 0.335 e. The molecule has 2 unspecified atom stereocenters. The highest BCUT2D eigenvalue weighted by atomic mass is 35.5. The van der Waals surface area contributed by atoms with Crippen LogP contribution in [-0.2, 0) is 4.74 Å². The van der Waals surface area contributed by atoms with E-state index < -0.39 is 5.97 Å². The van der Waals surface area contributed by atoms with Crippen LogP contribution in [0.3, 0.4) is 0 Å². The second-order valence-corrected chi connectivity index (χ2v) is 6.78. The summed E-state index contributed by atoms with van der Waals surface area (Å²) in [6.07, 6.45) is 0.0610. The summed E-state index contributed by atoms with van der Waals surface area (Å²) in [6, 6.07) is 15.0. The molecule has 0 radical (unpaired) electrons. The second-order valence-electron chi connectivity index (χ2n) is 6.38. The highest BCUT2D eigenvalue weighted by Crippen LogP contribution is 2.27. The van der Waals surface area contributed by atoms with E-state index in [0.29, 0.717) is 30.0 Å². The lowest BCUT2D eigenvalue weighted by Crippen LogP contribution is -2.46. The van der Waals surface area contributed by atoms with E-state index in [9.17, 15) is 4.79 Å². The zero-order chi connectivity index (χ0) is 18.5. The molecule has 0 bridgehead atoms. The molecule has 0 spiro atoms. The van der Waals surface area contributed by atoms with Crippen molar-refractivity contribution in [3.05, 3.63) is 64.7 Å². The first-order valence-electron chi connectivity index (χ1n) is 8.61. The van der Waals surface area contributed by atoms with E-state index in [-0.39, 0.29) is 11.7 Å². The summed E-state index contributed by atoms with van der Waals surface area (Å²) >= 11 is 6.10. The van der Waals surface area contributed by atoms with Crippen molar-refractivity contribution < 1.29 is 19.4 Å². The number of carbonyl (C=O) groups is 1. The van der Waals surface area contributed by atoms with E-state index >= 15 is 0 Å². The Morgan fingerprint density at radius 3 is 2.77 bits per heavy atom. The molecule has 2 atom stereocenters. The van der Waals surface area contributed by atoms with Gasteiger partial charge in [-0.05, 0) is 30.7 Å². The highest BCUT2D eigenvalue weighted by Gasteiger charge is 2.26. The number of hydrogen-bond acceptors (Lipinski definition) is 4. The molecule has 138 valence electrons. The van der Waals surface area contributed by atoms with Gasteiger partial charge in [0.05, 0.1) is 23.3 Å². The van der Waals surface area contributed by atoms with Gasteiger partial charge in [-0.25, -0.2) is 4.79 Å². The summed E-state index contributed by atoms with van der Waals surface area (Å²) in [6.45, 7) is 4.83. The number of halogens is 1. The molecular formula is C20H22ClNO4. The Hall–Kier alpha value is -2.08. The van der Waals surface area contributed by atoms with Crippen LogP contribution >= 0.6 is 11.6 Å². The lowest BCUT2D eigenvalue weighted by molar-refractivity contribution is -0.0627. The highest BCUT2D eigenvalue weighted by molar-refractivity contribution is 6.32. The van der Waals surface area contributed by atoms with Crippen molar-refractivity contribution in [2.24, 2.45) is 0 Å². The molecule has 2 aromatic rings. The molecule has 3 rings (SSSR count). The maximum absolute atomic E-state index is 11.0. The Kier molecular flexibility index (Phi) is 6.14. The van der Waals surface area contributed by atoms with Crippen LogP contribution in [0, 0.1) is 0 Å². The Morgan fingerprint density at radius 2 is 2.08 bits per heavy atom. The monoisotopic (exact) mass is 375 g/mol. The molecule has 0 aromatic heterocycles. The van der Waals surface area contributed by atoms with E-state index in [2.05, 4.69) is 24.0 Å². The molecule has 5 nitrogen and oxygen atoms in total. The van der Waals surface area contributed by atoms with Gasteiger partial charge in [0.2, 0.25) is 0 Å². The van der Waals surface area contributed by atoms with Crippen LogP contribution in [0.15, 0.2) is 48.5 Å². The summed E-state index contributed by atoms with van der Waals surface area (Å²) in [7, 11) is 0. The molecule has 0 aliphatic carbocycles. The van der Waals surface area contributed by atoms with E-state index in [0.717, 1.165) is 13.1 Å². The molecule has 0 saturated carbocycles. The van der Waals surface area contributed by atoms with E-state index in [1.54, 1.807) is 6.07 Å². The molecule has 6 heteroatoms. The van der Waals surface area contributed by atoms with Gasteiger partial charge in [-0.3, -0.25) is 4.90 Å². The van der Waals surface area contributed by atoms with Gasteiger partial charge in [0.25, 0.3) is 0 Å². The van der Waals surface area contributed by atoms with Crippen LogP contribution in [0.2, 0.25) is 5.02 Å². The van der Waals surface area contributed by atoms with Crippen LogP contribution in [0.25, 0.3) is 0 Å². The third kappa shape index (κ3) is 4.55. The summed E-state index contributed by atoms with van der Waals surface area (Å²) in [5, 5.41) is 9.28. The Labute approximate surface area is 158 Å². The average Bonchev–Trinajstić information content (AvgIpc) is 2.65. The number of benzene rings is 2. The van der Waals surface area contributed by atoms with Crippen molar-refractivity contribution in [1.29, 1.82) is 0 Å². The molecule has 2 aromatic carbocycles. The minimum atomic E-state index is -1.01. The number of carboxylic acids is 1. The largest absolute Gasteiger partial charge is 0.491 e. The molecule has 1 N–H and O–H groups in total. The smallest absolute Gasteiger partial charge is 0.335 e. The number of ether oxygens (including phenoxy) is 2. The Morgan fingerprint density at radius 1 is 1.31 bits per heavy atom. The molecular weight excluding hydrogens is 354 g/mol. The number of hydrogen-bond donors (Lipinski definition) is 1. The first-order chi connectivity index (χ1) is 12.5. The van der Waals surface area contributed by atoms with Crippen LogP contribution < -0.4 is 4.74 Å². The van der Waals surface area contributed by atoms with Crippen molar-refractivity contribution in [3.63, 3.8) is 0 Å². The van der Waals surface area contributed by atoms with Crippen LogP contribution in [0.1, 0.15) is 28.9 Å². The summed E-state index contributed by atoms with van der Waals surface area (Å²) in [5.41, 5.74) is 1.33. The Balaban J connectivity index is 1.56. The minimum Gasteiger partial charge on any atom is -0.491 e. The third-order valence-electron chi connectivity index (χ3n) is 4.55. The number of carboxylic acid groups (broad SMARTS) is 1. The molecule has 0 amide bonds. The Bertz CT molecular complexity index is 753. The number of aromatic carboxylic acids is 1. The molecule has 1 heterocycles. The summed E-state index contributed by atoms with van der Waals surface area (Å²) in [5.74, 6) is -0.510. The predicted molar refractivity (Wildman–Crippen MR) is 100 cm³/mol. The maximum atomic E-state index is 11.0. The van der Waals surface area contributed by atoms with Crippen molar-refractivity contribution in [2.45, 2.75) is 19.1 Å². The fourth-order valence-electron chi connectivity index (χ4n) is 3.01. The van der Waals surface area contributed by atoms with Gasteiger partial charge in [-0.1, -0.05) is 41.9 Å². The lowest BCUT2D eigenvalue weighted by atomic mass is 10.1. The first-order valence-corrected chi connectivity index (χ1v) is 8.98. The zero-order valence-corrected chi connectivity index (χ0v) is 15.4. The van der Waals surface area contributed by atoms with E-state index in [1.807, 2.05) is 18.2 Å². The van der Waals surface area contributed by atoms with E-state index in [1.165, 1.54) is 17.7 Å². The summed E-state index contributed by atoms with van der Waals surface area (Å²) in [4.78, 5) is 13.3. The minimum absolute atomic E-state index is 0.0610. The topological polar surface area (TPSA) is 59.0 Å². The third-order valence-corrected chi connectivity index (χ3v) is 4.84. The molecule has 1 aliphatic heterocycles. The van der Waals surface area contributed by atoms with Gasteiger partial charge in [-0.15, -0.1) is 0 Å². The van der Waals surface area contributed by atoms with Crippen LogP contribution in [0.4, 0.5) is 0 Å². The molecule has 1 saturated heterocycles. The van der Waals surface area contributed by atoms with Gasteiger partial charge < -0.3 is 14.6 Å². The molecule has 1 aliphatic rings. The fourth-order valence-corrected chi connectivity index (χ4v) is 3.25. The van der Waals surface area contributed by atoms with Gasteiger partial charge in [0.1, 0.15) is 12.4 Å². The molecule has 26 heavy (non-hydrogen) atoms. The predicted octanol–water partition coefficient (Wildman–Crippen LogP) is 3.88. The van der Waals surface area contributed by atoms with Crippen LogP contribution in [-0.4, -0.2) is 48.3 Å². The first kappa shape index (κ1) is 18.7. The van der Waals surface area contributed by atoms with Gasteiger partial charge in [0.15, 0.2) is 0 Å². The fraction of sp³-hybridized carbons (Fsp3) is 0.350. The lowest BCUT2D eigenvalue weighted by Gasteiger charge is -2.38. The van der Waals surface area contributed by atoms with Crippen molar-refractivity contribution in [3.8, 4) is 5.75 Å². The van der Waals surface area contributed by atoms with Gasteiger partial charge in [0, 0.05) is 19.1 Å². The number of rotatable bonds is 6. The number of nitrogens with zero attached hydrogens (tertiary/aromatic N) is 1. The average molecular weight is 376 g/mol. The van der Waals surface area contributed by atoms with Crippen LogP contribution in [0.5, 0.6) is 5.75 Å². The van der Waals surface area contributed by atoms with E-state index in [4.69, 9.17) is 26.2 Å². The second kappa shape index (κ2) is 8.54. The number of morpholine rings is 1. The van der Waals surface area contributed by atoms with Gasteiger partial charge >= 0.3 is 5.97 Å². The molecule has 1 fully saturated rings. The SMILES string of the molecule is CC1COC(c2ccccc2)CN1CCOc1ccc(C(=O)O)cc1Cl.